The fourth-order valence-electron chi connectivity index (χ4n) is 4.00. The van der Waals surface area contributed by atoms with Crippen molar-refractivity contribution in [3.63, 3.8) is 0 Å². The van der Waals surface area contributed by atoms with Gasteiger partial charge in [-0.25, -0.2) is 9.50 Å². The van der Waals surface area contributed by atoms with Crippen LogP contribution in [-0.2, 0) is 0 Å². The number of rotatable bonds is 4. The summed E-state index contributed by atoms with van der Waals surface area (Å²) in [7, 11) is 0. The average Bonchev–Trinajstić information content (AvgIpc) is 3.45. The smallest absolute Gasteiger partial charge is 0.228 e. The Balaban J connectivity index is 1.52. The van der Waals surface area contributed by atoms with Crippen molar-refractivity contribution in [3.8, 4) is 22.5 Å². The zero-order chi connectivity index (χ0) is 24.1. The minimum Gasteiger partial charge on any atom is -0.452 e. The van der Waals surface area contributed by atoms with Gasteiger partial charge in [-0.1, -0.05) is 46.9 Å². The second-order valence-electron chi connectivity index (χ2n) is 7.93. The molecular formula is C27H14Cl3N3O2. The number of aromatic nitrogens is 3. The van der Waals surface area contributed by atoms with Crippen LogP contribution in [0.15, 0.2) is 89.5 Å². The molecule has 0 aliphatic carbocycles. The number of hydrogen-bond acceptors (Lipinski definition) is 4. The second kappa shape index (κ2) is 8.54. The van der Waals surface area contributed by atoms with E-state index in [1.165, 1.54) is 0 Å². The predicted molar refractivity (Wildman–Crippen MR) is 139 cm³/mol. The monoisotopic (exact) mass is 517 g/mol. The molecule has 0 amide bonds. The van der Waals surface area contributed by atoms with Crippen molar-refractivity contribution in [1.29, 1.82) is 0 Å². The van der Waals surface area contributed by atoms with Crippen molar-refractivity contribution in [3.05, 3.63) is 111 Å². The number of carbonyl (C=O) groups excluding carboxylic acids is 1. The average molecular weight is 519 g/mol. The Morgan fingerprint density at radius 3 is 2.20 bits per heavy atom. The highest BCUT2D eigenvalue weighted by molar-refractivity contribution is 6.32. The van der Waals surface area contributed by atoms with Crippen LogP contribution in [0, 0.1) is 0 Å². The quantitative estimate of drug-likeness (QED) is 0.222. The highest BCUT2D eigenvalue weighted by atomic mass is 35.5. The zero-order valence-corrected chi connectivity index (χ0v) is 20.1. The SMILES string of the molecule is O=C(c1ccc(Cl)cc1)c1oc2ccc(Cl)cc2c1-c1ccn2nc(-c3ccc(Cl)cc3)cc2n1. The van der Waals surface area contributed by atoms with Gasteiger partial charge in [0.2, 0.25) is 5.78 Å². The number of ketones is 1. The molecule has 35 heavy (non-hydrogen) atoms. The van der Waals surface area contributed by atoms with Crippen molar-refractivity contribution in [1.82, 2.24) is 14.6 Å². The second-order valence-corrected chi connectivity index (χ2v) is 9.24. The van der Waals surface area contributed by atoms with Gasteiger partial charge in [-0.15, -0.1) is 0 Å². The maximum Gasteiger partial charge on any atom is 0.228 e. The fraction of sp³-hybridized carbons (Fsp3) is 0. The molecule has 3 aromatic heterocycles. The first-order chi connectivity index (χ1) is 17.0. The van der Waals surface area contributed by atoms with E-state index in [0.717, 1.165) is 11.3 Å². The molecule has 3 aromatic carbocycles. The standard InChI is InChI=1S/C27H14Cl3N3O2/c28-17-5-1-15(2-6-17)22-14-24-31-21(11-12-33(24)32-22)25-20-13-19(30)9-10-23(20)35-27(25)26(34)16-3-7-18(29)8-4-16/h1-14H. The first kappa shape index (κ1) is 21.9. The largest absolute Gasteiger partial charge is 0.452 e. The van der Waals surface area contributed by atoms with Crippen LogP contribution in [0.3, 0.4) is 0 Å². The minimum absolute atomic E-state index is 0.180. The summed E-state index contributed by atoms with van der Waals surface area (Å²) in [6.45, 7) is 0. The summed E-state index contributed by atoms with van der Waals surface area (Å²) in [6.07, 6.45) is 1.80. The van der Waals surface area contributed by atoms with E-state index in [9.17, 15) is 4.79 Å². The molecule has 3 heterocycles. The molecule has 0 N–H and O–H groups in total. The maximum atomic E-state index is 13.5. The Morgan fingerprint density at radius 2 is 1.46 bits per heavy atom. The lowest BCUT2D eigenvalue weighted by atomic mass is 10.0. The van der Waals surface area contributed by atoms with Crippen LogP contribution in [0.5, 0.6) is 0 Å². The van der Waals surface area contributed by atoms with Gasteiger partial charge >= 0.3 is 0 Å². The number of fused-ring (bicyclic) bond motifs is 2. The van der Waals surface area contributed by atoms with Gasteiger partial charge in [-0.05, 0) is 60.7 Å². The van der Waals surface area contributed by atoms with Gasteiger partial charge in [0, 0.05) is 43.8 Å². The van der Waals surface area contributed by atoms with Gasteiger partial charge in [0.1, 0.15) is 5.58 Å². The molecule has 8 heteroatoms. The highest BCUT2D eigenvalue weighted by Crippen LogP contribution is 2.37. The first-order valence-electron chi connectivity index (χ1n) is 10.6. The number of carbonyl (C=O) groups is 1. The van der Waals surface area contributed by atoms with E-state index in [0.29, 0.717) is 48.5 Å². The van der Waals surface area contributed by atoms with Gasteiger partial charge in [0.05, 0.1) is 17.0 Å². The molecule has 0 atom stereocenters. The van der Waals surface area contributed by atoms with Crippen LogP contribution in [0.4, 0.5) is 0 Å². The van der Waals surface area contributed by atoms with E-state index < -0.39 is 0 Å². The van der Waals surface area contributed by atoms with E-state index in [1.54, 1.807) is 59.2 Å². The lowest BCUT2D eigenvalue weighted by molar-refractivity contribution is 0.101. The van der Waals surface area contributed by atoms with Crippen molar-refractivity contribution < 1.29 is 9.21 Å². The predicted octanol–water partition coefficient (Wildman–Crippen LogP) is 8.00. The zero-order valence-electron chi connectivity index (χ0n) is 17.9. The van der Waals surface area contributed by atoms with Gasteiger partial charge in [0.15, 0.2) is 11.4 Å². The van der Waals surface area contributed by atoms with Crippen molar-refractivity contribution in [2.75, 3.05) is 0 Å². The number of hydrogen-bond donors (Lipinski definition) is 0. The van der Waals surface area contributed by atoms with Crippen molar-refractivity contribution in [2.45, 2.75) is 0 Å². The molecular weight excluding hydrogens is 505 g/mol. The lowest BCUT2D eigenvalue weighted by Crippen LogP contribution is -2.02. The van der Waals surface area contributed by atoms with E-state index in [1.807, 2.05) is 30.3 Å². The molecule has 170 valence electrons. The summed E-state index contributed by atoms with van der Waals surface area (Å²) in [5.74, 6) is -0.0973. The molecule has 5 nitrogen and oxygen atoms in total. The Morgan fingerprint density at radius 1 is 0.771 bits per heavy atom. The Kier molecular flexibility index (Phi) is 5.33. The number of furan rings is 1. The van der Waals surface area contributed by atoms with E-state index >= 15 is 0 Å². The van der Waals surface area contributed by atoms with Crippen LogP contribution in [-0.4, -0.2) is 20.4 Å². The molecule has 0 unspecified atom stereocenters. The third kappa shape index (κ3) is 3.98. The first-order valence-corrected chi connectivity index (χ1v) is 11.7. The third-order valence-electron chi connectivity index (χ3n) is 5.68. The lowest BCUT2D eigenvalue weighted by Gasteiger charge is -2.04. The van der Waals surface area contributed by atoms with Crippen LogP contribution in [0.25, 0.3) is 39.1 Å². The Hall–Kier alpha value is -3.64. The number of halogens is 3. The molecule has 0 fully saturated rings. The summed E-state index contributed by atoms with van der Waals surface area (Å²) in [5.41, 5.74) is 4.42. The number of benzene rings is 3. The molecule has 0 spiro atoms. The minimum atomic E-state index is -0.277. The molecule has 0 saturated heterocycles. The summed E-state index contributed by atoms with van der Waals surface area (Å²) in [5, 5.41) is 7.04. The van der Waals surface area contributed by atoms with Gasteiger partial charge < -0.3 is 4.42 Å². The Bertz CT molecular complexity index is 1740. The van der Waals surface area contributed by atoms with Crippen LogP contribution in [0.1, 0.15) is 16.1 Å². The van der Waals surface area contributed by atoms with Crippen LogP contribution >= 0.6 is 34.8 Å². The van der Waals surface area contributed by atoms with Gasteiger partial charge in [0.25, 0.3) is 0 Å². The van der Waals surface area contributed by atoms with Gasteiger partial charge in [-0.3, -0.25) is 4.79 Å². The third-order valence-corrected chi connectivity index (χ3v) is 6.42. The fourth-order valence-corrected chi connectivity index (χ4v) is 4.42. The molecule has 0 radical (unpaired) electrons. The molecule has 0 saturated carbocycles. The summed E-state index contributed by atoms with van der Waals surface area (Å²) < 4.78 is 7.72. The topological polar surface area (TPSA) is 60.4 Å². The highest BCUT2D eigenvalue weighted by Gasteiger charge is 2.24. The summed E-state index contributed by atoms with van der Waals surface area (Å²) >= 11 is 18.3. The molecule has 0 aliphatic rings. The molecule has 6 rings (SSSR count). The van der Waals surface area contributed by atoms with Crippen LogP contribution < -0.4 is 0 Å². The van der Waals surface area contributed by atoms with Gasteiger partial charge in [-0.2, -0.15) is 5.10 Å². The maximum absolute atomic E-state index is 13.5. The summed E-state index contributed by atoms with van der Waals surface area (Å²) in [6, 6.07) is 23.0. The molecule has 6 aromatic rings. The van der Waals surface area contributed by atoms with E-state index in [4.69, 9.17) is 44.2 Å². The van der Waals surface area contributed by atoms with E-state index in [-0.39, 0.29) is 11.5 Å². The van der Waals surface area contributed by atoms with E-state index in [2.05, 4.69) is 5.10 Å². The van der Waals surface area contributed by atoms with Crippen molar-refractivity contribution >= 4 is 57.2 Å². The normalized spacial score (nSPS) is 11.4. The van der Waals surface area contributed by atoms with Crippen molar-refractivity contribution in [2.24, 2.45) is 0 Å². The molecule has 0 bridgehead atoms. The molecule has 0 aliphatic heterocycles. The number of nitrogens with zero attached hydrogens (tertiary/aromatic N) is 3. The van der Waals surface area contributed by atoms with Crippen LogP contribution in [0.2, 0.25) is 15.1 Å². The Labute approximate surface area is 214 Å². The summed E-state index contributed by atoms with van der Waals surface area (Å²) in [4.78, 5) is 18.3.